The Morgan fingerprint density at radius 2 is 1.96 bits per heavy atom. The van der Waals surface area contributed by atoms with E-state index in [0.717, 1.165) is 17.7 Å². The number of carbonyl (C=O) groups is 1. The smallest absolute Gasteiger partial charge is 0.250 e. The van der Waals surface area contributed by atoms with E-state index in [-0.39, 0.29) is 11.4 Å². The lowest BCUT2D eigenvalue weighted by molar-refractivity contribution is -0.111. The van der Waals surface area contributed by atoms with Gasteiger partial charge in [0.15, 0.2) is 0 Å². The second-order valence-electron chi connectivity index (χ2n) is 6.51. The van der Waals surface area contributed by atoms with Crippen LogP contribution in [0.4, 0.5) is 5.69 Å². The van der Waals surface area contributed by atoms with Crippen LogP contribution in [0.2, 0.25) is 10.0 Å². The van der Waals surface area contributed by atoms with Crippen molar-refractivity contribution in [1.82, 2.24) is 5.32 Å². The Bertz CT molecular complexity index is 828. The van der Waals surface area contributed by atoms with E-state index >= 15 is 0 Å². The fourth-order valence-corrected chi connectivity index (χ4v) is 3.35. The van der Waals surface area contributed by atoms with Gasteiger partial charge in [-0.05, 0) is 44.0 Å². The highest BCUT2D eigenvalue weighted by Crippen LogP contribution is 2.30. The molecule has 1 aliphatic heterocycles. The maximum Gasteiger partial charge on any atom is 0.250 e. The van der Waals surface area contributed by atoms with Crippen LogP contribution in [-0.4, -0.2) is 11.4 Å². The van der Waals surface area contributed by atoms with Gasteiger partial charge in [-0.1, -0.05) is 47.5 Å². The lowest BCUT2D eigenvalue weighted by Crippen LogP contribution is -2.44. The van der Waals surface area contributed by atoms with Gasteiger partial charge in [0.1, 0.15) is 0 Å². The number of benzene rings is 2. The molecule has 2 aromatic rings. The van der Waals surface area contributed by atoms with Crippen LogP contribution < -0.4 is 10.6 Å². The maximum atomic E-state index is 12.4. The van der Waals surface area contributed by atoms with E-state index in [2.05, 4.69) is 30.5 Å². The van der Waals surface area contributed by atoms with Crippen LogP contribution in [0.25, 0.3) is 5.70 Å². The number of carbonyl (C=O) groups excluding carboxylic acids is 1. The summed E-state index contributed by atoms with van der Waals surface area (Å²) in [5, 5.41) is 7.17. The molecule has 0 spiro atoms. The van der Waals surface area contributed by atoms with Crippen LogP contribution in [0, 0.1) is 0 Å². The summed E-state index contributed by atoms with van der Waals surface area (Å²) in [5.41, 5.74) is 3.51. The van der Waals surface area contributed by atoms with Crippen molar-refractivity contribution in [3.05, 3.63) is 69.7 Å². The first-order valence-electron chi connectivity index (χ1n) is 7.68. The molecule has 0 saturated heterocycles. The molecule has 0 saturated carbocycles. The van der Waals surface area contributed by atoms with Crippen molar-refractivity contribution in [3.8, 4) is 0 Å². The third-order valence-electron chi connectivity index (χ3n) is 3.88. The standard InChI is InChI=1S/C19H18Cl2N2O/c1-19(2)11-12-5-3-4-6-14(12)17(23-19)10-18(24)22-16-8-7-13(20)9-15(16)21/h3-10,23H,11H2,1-2H3,(H,22,24)/b17-10-. The highest BCUT2D eigenvalue weighted by atomic mass is 35.5. The van der Waals surface area contributed by atoms with E-state index in [9.17, 15) is 4.79 Å². The van der Waals surface area contributed by atoms with Gasteiger partial charge in [-0.15, -0.1) is 0 Å². The highest BCUT2D eigenvalue weighted by molar-refractivity contribution is 6.36. The topological polar surface area (TPSA) is 41.1 Å². The molecule has 5 heteroatoms. The van der Waals surface area contributed by atoms with Gasteiger partial charge < -0.3 is 10.6 Å². The van der Waals surface area contributed by atoms with E-state index in [0.29, 0.717) is 15.7 Å². The number of anilines is 1. The average molecular weight is 361 g/mol. The van der Waals surface area contributed by atoms with E-state index in [1.807, 2.05) is 18.2 Å². The normalized spacial score (nSPS) is 17.1. The summed E-state index contributed by atoms with van der Waals surface area (Å²) in [4.78, 5) is 12.4. The number of halogens is 2. The first-order valence-corrected chi connectivity index (χ1v) is 8.44. The Labute approximate surface area is 151 Å². The first kappa shape index (κ1) is 16.9. The Morgan fingerprint density at radius 3 is 2.71 bits per heavy atom. The average Bonchev–Trinajstić information content (AvgIpc) is 2.49. The molecule has 3 rings (SSSR count). The van der Waals surface area contributed by atoms with E-state index in [4.69, 9.17) is 23.2 Å². The zero-order valence-corrected chi connectivity index (χ0v) is 15.0. The molecular weight excluding hydrogens is 343 g/mol. The molecule has 24 heavy (non-hydrogen) atoms. The molecule has 0 bridgehead atoms. The molecule has 124 valence electrons. The molecular formula is C19H18Cl2N2O. The molecule has 3 nitrogen and oxygen atoms in total. The summed E-state index contributed by atoms with van der Waals surface area (Å²) in [5.74, 6) is -0.241. The molecule has 0 aliphatic carbocycles. The quantitative estimate of drug-likeness (QED) is 0.748. The summed E-state index contributed by atoms with van der Waals surface area (Å²) >= 11 is 12.0. The van der Waals surface area contributed by atoms with Crippen LogP contribution >= 0.6 is 23.2 Å². The molecule has 2 N–H and O–H groups in total. The van der Waals surface area contributed by atoms with Gasteiger partial charge in [0.25, 0.3) is 5.91 Å². The molecule has 0 radical (unpaired) electrons. The molecule has 0 fully saturated rings. The predicted octanol–water partition coefficient (Wildman–Crippen LogP) is 4.90. The third kappa shape index (κ3) is 3.74. The lowest BCUT2D eigenvalue weighted by atomic mass is 9.86. The van der Waals surface area contributed by atoms with Crippen LogP contribution in [-0.2, 0) is 11.2 Å². The molecule has 0 unspecified atom stereocenters. The second kappa shape index (κ2) is 6.50. The van der Waals surface area contributed by atoms with Gasteiger partial charge in [-0.3, -0.25) is 4.79 Å². The van der Waals surface area contributed by atoms with Crippen molar-refractivity contribution in [2.45, 2.75) is 25.8 Å². The number of hydrogen-bond donors (Lipinski definition) is 2. The summed E-state index contributed by atoms with van der Waals surface area (Å²) in [7, 11) is 0. The van der Waals surface area contributed by atoms with Crippen molar-refractivity contribution >= 4 is 40.5 Å². The van der Waals surface area contributed by atoms with Gasteiger partial charge in [-0.2, -0.15) is 0 Å². The fourth-order valence-electron chi connectivity index (χ4n) is 2.89. The van der Waals surface area contributed by atoms with Gasteiger partial charge >= 0.3 is 0 Å². The highest BCUT2D eigenvalue weighted by Gasteiger charge is 2.27. The second-order valence-corrected chi connectivity index (χ2v) is 7.36. The lowest BCUT2D eigenvalue weighted by Gasteiger charge is -2.35. The van der Waals surface area contributed by atoms with Crippen molar-refractivity contribution in [1.29, 1.82) is 0 Å². The molecule has 0 atom stereocenters. The zero-order chi connectivity index (χ0) is 17.3. The van der Waals surface area contributed by atoms with Crippen molar-refractivity contribution in [2.24, 2.45) is 0 Å². The van der Waals surface area contributed by atoms with Crippen LogP contribution in [0.3, 0.4) is 0 Å². The van der Waals surface area contributed by atoms with Gasteiger partial charge in [-0.25, -0.2) is 0 Å². The summed E-state index contributed by atoms with van der Waals surface area (Å²) in [6, 6.07) is 13.1. The molecule has 0 aromatic heterocycles. The van der Waals surface area contributed by atoms with Gasteiger partial charge in [0, 0.05) is 27.9 Å². The maximum absolute atomic E-state index is 12.4. The first-order chi connectivity index (χ1) is 11.3. The number of amides is 1. The third-order valence-corrected chi connectivity index (χ3v) is 4.43. The van der Waals surface area contributed by atoms with E-state index in [1.165, 1.54) is 5.56 Å². The van der Waals surface area contributed by atoms with Crippen LogP contribution in [0.15, 0.2) is 48.5 Å². The van der Waals surface area contributed by atoms with Crippen molar-refractivity contribution in [3.63, 3.8) is 0 Å². The van der Waals surface area contributed by atoms with Crippen molar-refractivity contribution < 1.29 is 4.79 Å². The minimum absolute atomic E-state index is 0.113. The Kier molecular flexibility index (Phi) is 4.57. The van der Waals surface area contributed by atoms with Gasteiger partial charge in [0.2, 0.25) is 0 Å². The fraction of sp³-hybridized carbons (Fsp3) is 0.211. The summed E-state index contributed by atoms with van der Waals surface area (Å²) < 4.78 is 0. The SMILES string of the molecule is CC1(C)Cc2ccccc2/C(=C/C(=O)Nc2ccc(Cl)cc2Cl)N1. The Hall–Kier alpha value is -1.97. The molecule has 2 aromatic carbocycles. The minimum Gasteiger partial charge on any atom is -0.379 e. The molecule has 1 amide bonds. The van der Waals surface area contributed by atoms with Crippen molar-refractivity contribution in [2.75, 3.05) is 5.32 Å². The predicted molar refractivity (Wildman–Crippen MR) is 100 cm³/mol. The minimum atomic E-state index is -0.241. The van der Waals surface area contributed by atoms with E-state index in [1.54, 1.807) is 24.3 Å². The van der Waals surface area contributed by atoms with Gasteiger partial charge in [0.05, 0.1) is 10.7 Å². The van der Waals surface area contributed by atoms with Crippen LogP contribution in [0.5, 0.6) is 0 Å². The Morgan fingerprint density at radius 1 is 1.21 bits per heavy atom. The monoisotopic (exact) mass is 360 g/mol. The number of hydrogen-bond acceptors (Lipinski definition) is 2. The molecule has 1 heterocycles. The number of nitrogens with one attached hydrogen (secondary N) is 2. The largest absolute Gasteiger partial charge is 0.379 e. The number of rotatable bonds is 2. The summed E-state index contributed by atoms with van der Waals surface area (Å²) in [6.07, 6.45) is 2.48. The van der Waals surface area contributed by atoms with E-state index < -0.39 is 0 Å². The van der Waals surface area contributed by atoms with Crippen LogP contribution in [0.1, 0.15) is 25.0 Å². The Balaban J connectivity index is 1.88. The number of fused-ring (bicyclic) bond motifs is 1. The summed E-state index contributed by atoms with van der Waals surface area (Å²) in [6.45, 7) is 4.23. The molecule has 1 aliphatic rings. The zero-order valence-electron chi connectivity index (χ0n) is 13.5.